The molecule has 8 nitrogen and oxygen atoms in total. The quantitative estimate of drug-likeness (QED) is 0.503. The van der Waals surface area contributed by atoms with Gasteiger partial charge in [0.05, 0.1) is 25.4 Å². The van der Waals surface area contributed by atoms with Gasteiger partial charge in [-0.1, -0.05) is 35.9 Å². The summed E-state index contributed by atoms with van der Waals surface area (Å²) in [5, 5.41) is 14.4. The van der Waals surface area contributed by atoms with Crippen molar-refractivity contribution in [1.29, 1.82) is 0 Å². The number of nitrogens with zero attached hydrogens (tertiary/aromatic N) is 1. The molecule has 184 valence electrons. The zero-order valence-corrected chi connectivity index (χ0v) is 20.4. The second-order valence-corrected chi connectivity index (χ2v) is 9.01. The molecule has 3 aromatic rings. The van der Waals surface area contributed by atoms with Crippen LogP contribution in [0.15, 0.2) is 48.5 Å². The first-order valence-corrected chi connectivity index (χ1v) is 11.5. The lowest BCUT2D eigenvalue weighted by atomic mass is 10.0. The molecule has 0 aliphatic carbocycles. The molecule has 35 heavy (non-hydrogen) atoms. The molecule has 4 rings (SSSR count). The molecule has 0 fully saturated rings. The van der Waals surface area contributed by atoms with Crippen LogP contribution in [0.4, 0.5) is 5.69 Å². The van der Waals surface area contributed by atoms with Crippen molar-refractivity contribution in [2.45, 2.75) is 45.5 Å². The van der Waals surface area contributed by atoms with Crippen LogP contribution in [0, 0.1) is 13.8 Å². The van der Waals surface area contributed by atoms with E-state index in [4.69, 9.17) is 15.2 Å². The van der Waals surface area contributed by atoms with Gasteiger partial charge in [0.15, 0.2) is 0 Å². The molecule has 3 atom stereocenters. The van der Waals surface area contributed by atoms with Crippen molar-refractivity contribution in [3.8, 4) is 11.5 Å². The van der Waals surface area contributed by atoms with Gasteiger partial charge in [0, 0.05) is 5.56 Å². The van der Waals surface area contributed by atoms with Gasteiger partial charge in [0.25, 0.3) is 5.91 Å². The number of aliphatic hydroxyl groups is 1. The summed E-state index contributed by atoms with van der Waals surface area (Å²) in [5.74, 6) is 0.238. The SMILES string of the molecule is COc1ccc2cc(C)ccc2c1CN1C(=O)[C@@H](NC(=O)[C@@H](N)[C@@H](C)O)COc2cc(C)ccc21. The molecule has 1 aliphatic rings. The first kappa shape index (κ1) is 24.5. The van der Waals surface area contributed by atoms with Crippen molar-refractivity contribution in [3.05, 3.63) is 65.2 Å². The Balaban J connectivity index is 1.78. The minimum Gasteiger partial charge on any atom is -0.496 e. The highest BCUT2D eigenvalue weighted by molar-refractivity contribution is 6.02. The van der Waals surface area contributed by atoms with E-state index in [1.54, 1.807) is 12.0 Å². The third-order valence-corrected chi connectivity index (χ3v) is 6.29. The number of nitrogens with one attached hydrogen (secondary N) is 1. The second-order valence-electron chi connectivity index (χ2n) is 9.01. The Hall–Kier alpha value is -3.62. The van der Waals surface area contributed by atoms with Gasteiger partial charge in [-0.2, -0.15) is 0 Å². The summed E-state index contributed by atoms with van der Waals surface area (Å²) in [6, 6.07) is 13.5. The molecule has 0 aromatic heterocycles. The number of carbonyl (C=O) groups excluding carboxylic acids is 2. The van der Waals surface area contributed by atoms with E-state index in [0.717, 1.165) is 27.5 Å². The Morgan fingerprint density at radius 2 is 1.91 bits per heavy atom. The largest absolute Gasteiger partial charge is 0.496 e. The predicted molar refractivity (Wildman–Crippen MR) is 135 cm³/mol. The molecule has 0 bridgehead atoms. The number of amides is 2. The van der Waals surface area contributed by atoms with Gasteiger partial charge in [-0.15, -0.1) is 0 Å². The summed E-state index contributed by atoms with van der Waals surface area (Å²) in [6.45, 7) is 5.54. The van der Waals surface area contributed by atoms with Gasteiger partial charge in [-0.05, 0) is 55.3 Å². The number of anilines is 1. The number of hydrogen-bond acceptors (Lipinski definition) is 6. The van der Waals surface area contributed by atoms with E-state index in [2.05, 4.69) is 11.4 Å². The molecular weight excluding hydrogens is 446 g/mol. The predicted octanol–water partition coefficient (Wildman–Crippen LogP) is 2.58. The molecule has 0 saturated heterocycles. The van der Waals surface area contributed by atoms with E-state index >= 15 is 0 Å². The number of fused-ring (bicyclic) bond motifs is 2. The summed E-state index contributed by atoms with van der Waals surface area (Å²) in [6.07, 6.45) is -1.06. The number of rotatable bonds is 6. The summed E-state index contributed by atoms with van der Waals surface area (Å²) >= 11 is 0. The van der Waals surface area contributed by atoms with Crippen LogP contribution < -0.4 is 25.4 Å². The Kier molecular flexibility index (Phi) is 6.95. The molecule has 3 aromatic carbocycles. The van der Waals surface area contributed by atoms with E-state index in [1.807, 2.05) is 56.3 Å². The van der Waals surface area contributed by atoms with Crippen LogP contribution in [0.5, 0.6) is 11.5 Å². The first-order valence-electron chi connectivity index (χ1n) is 11.5. The third kappa shape index (κ3) is 4.94. The van der Waals surface area contributed by atoms with Crippen molar-refractivity contribution in [2.75, 3.05) is 18.6 Å². The van der Waals surface area contributed by atoms with Crippen molar-refractivity contribution in [1.82, 2.24) is 5.32 Å². The molecule has 1 heterocycles. The molecular formula is C27H31N3O5. The fourth-order valence-corrected chi connectivity index (χ4v) is 4.27. The molecule has 0 radical (unpaired) electrons. The van der Waals surface area contributed by atoms with Crippen LogP contribution in [-0.4, -0.2) is 48.8 Å². The summed E-state index contributed by atoms with van der Waals surface area (Å²) < 4.78 is 11.6. The number of carbonyl (C=O) groups is 2. The number of nitrogens with two attached hydrogens (primary N) is 1. The molecule has 0 unspecified atom stereocenters. The van der Waals surface area contributed by atoms with Gasteiger partial charge >= 0.3 is 0 Å². The van der Waals surface area contributed by atoms with Gasteiger partial charge < -0.3 is 30.5 Å². The van der Waals surface area contributed by atoms with Crippen molar-refractivity contribution >= 4 is 28.3 Å². The van der Waals surface area contributed by atoms with Crippen molar-refractivity contribution in [2.24, 2.45) is 5.73 Å². The maximum absolute atomic E-state index is 13.8. The summed E-state index contributed by atoms with van der Waals surface area (Å²) in [4.78, 5) is 28.0. The number of aliphatic hydroxyl groups excluding tert-OH is 1. The van der Waals surface area contributed by atoms with Crippen LogP contribution in [-0.2, 0) is 16.1 Å². The maximum Gasteiger partial charge on any atom is 0.253 e. The van der Waals surface area contributed by atoms with Gasteiger partial charge in [-0.3, -0.25) is 9.59 Å². The number of benzene rings is 3. The Morgan fingerprint density at radius 3 is 2.63 bits per heavy atom. The third-order valence-electron chi connectivity index (χ3n) is 6.29. The van der Waals surface area contributed by atoms with Crippen LogP contribution in [0.25, 0.3) is 10.8 Å². The minimum atomic E-state index is -1.16. The zero-order chi connectivity index (χ0) is 25.3. The molecule has 2 amide bonds. The van der Waals surface area contributed by atoms with Crippen LogP contribution >= 0.6 is 0 Å². The average Bonchev–Trinajstić information content (AvgIpc) is 2.95. The van der Waals surface area contributed by atoms with E-state index < -0.39 is 24.1 Å². The second kappa shape index (κ2) is 9.93. The standard InChI is InChI=1S/C27H31N3O5/c1-15-5-8-19-18(11-15)7-10-23(34-4)20(19)13-30-22-9-6-16(2)12-24(22)35-14-21(27(30)33)29-26(32)25(28)17(3)31/h5-12,17,21,25,31H,13-14,28H2,1-4H3,(H,29,32)/t17-,21+,25+/m1/s1. The van der Waals surface area contributed by atoms with Crippen molar-refractivity contribution < 1.29 is 24.2 Å². The Bertz CT molecular complexity index is 1270. The van der Waals surface area contributed by atoms with Crippen LogP contribution in [0.2, 0.25) is 0 Å². The number of aryl methyl sites for hydroxylation is 2. The number of ether oxygens (including phenoxy) is 2. The number of methoxy groups -OCH3 is 1. The normalized spacial score (nSPS) is 17.3. The smallest absolute Gasteiger partial charge is 0.253 e. The maximum atomic E-state index is 13.8. The van der Waals surface area contributed by atoms with E-state index in [9.17, 15) is 14.7 Å². The van der Waals surface area contributed by atoms with E-state index in [1.165, 1.54) is 6.92 Å². The van der Waals surface area contributed by atoms with Gasteiger partial charge in [-0.25, -0.2) is 0 Å². The van der Waals surface area contributed by atoms with Gasteiger partial charge in [0.1, 0.15) is 30.2 Å². The lowest BCUT2D eigenvalue weighted by Gasteiger charge is -2.27. The highest BCUT2D eigenvalue weighted by Crippen LogP contribution is 2.37. The molecule has 4 N–H and O–H groups in total. The lowest BCUT2D eigenvalue weighted by Crippen LogP contribution is -2.56. The van der Waals surface area contributed by atoms with Crippen LogP contribution in [0.3, 0.4) is 0 Å². The fourth-order valence-electron chi connectivity index (χ4n) is 4.27. The summed E-state index contributed by atoms with van der Waals surface area (Å²) in [5.41, 5.74) is 9.35. The lowest BCUT2D eigenvalue weighted by molar-refractivity contribution is -0.130. The van der Waals surface area contributed by atoms with E-state index in [0.29, 0.717) is 17.2 Å². The molecule has 0 saturated carbocycles. The highest BCUT2D eigenvalue weighted by atomic mass is 16.5. The van der Waals surface area contributed by atoms with Crippen molar-refractivity contribution in [3.63, 3.8) is 0 Å². The minimum absolute atomic E-state index is 0.0596. The zero-order valence-electron chi connectivity index (χ0n) is 20.4. The summed E-state index contributed by atoms with van der Waals surface area (Å²) in [7, 11) is 1.60. The highest BCUT2D eigenvalue weighted by Gasteiger charge is 2.35. The molecule has 8 heteroatoms. The Morgan fingerprint density at radius 1 is 1.20 bits per heavy atom. The average molecular weight is 478 g/mol. The number of hydrogen-bond donors (Lipinski definition) is 3. The molecule has 1 aliphatic heterocycles. The van der Waals surface area contributed by atoms with Crippen LogP contribution in [0.1, 0.15) is 23.6 Å². The molecule has 0 spiro atoms. The Labute approximate surface area is 204 Å². The monoisotopic (exact) mass is 477 g/mol. The van der Waals surface area contributed by atoms with E-state index in [-0.39, 0.29) is 19.1 Å². The van der Waals surface area contributed by atoms with Gasteiger partial charge in [0.2, 0.25) is 5.91 Å². The topological polar surface area (TPSA) is 114 Å². The first-order chi connectivity index (χ1) is 16.7. The fraction of sp³-hybridized carbons (Fsp3) is 0.333.